The fourth-order valence-electron chi connectivity index (χ4n) is 2.27. The summed E-state index contributed by atoms with van der Waals surface area (Å²) in [5, 5.41) is 2.70. The molecule has 0 aliphatic carbocycles. The minimum atomic E-state index is -0.514. The molecule has 0 saturated carbocycles. The first-order valence-electron chi connectivity index (χ1n) is 7.66. The first-order valence-corrected chi connectivity index (χ1v) is 8.65. The molecule has 2 unspecified atom stereocenters. The van der Waals surface area contributed by atoms with Gasteiger partial charge in [0.25, 0.3) is 0 Å². The molecule has 2 heterocycles. The molecule has 6 nitrogen and oxygen atoms in total. The van der Waals surface area contributed by atoms with Gasteiger partial charge >= 0.3 is 12.1 Å². The van der Waals surface area contributed by atoms with Crippen LogP contribution in [0.3, 0.4) is 0 Å². The zero-order valence-corrected chi connectivity index (χ0v) is 14.7. The molecular formula is C16H23NO5S. The van der Waals surface area contributed by atoms with Crippen LogP contribution in [0.4, 0.5) is 4.79 Å². The lowest BCUT2D eigenvalue weighted by molar-refractivity contribution is -0.139. The topological polar surface area (TPSA) is 73.9 Å². The summed E-state index contributed by atoms with van der Waals surface area (Å²) in [5.74, 6) is 0.296. The Hall–Kier alpha value is -1.47. The molecule has 0 aromatic carbocycles. The van der Waals surface area contributed by atoms with Crippen molar-refractivity contribution in [2.75, 3.05) is 18.9 Å². The highest BCUT2D eigenvalue weighted by atomic mass is 32.2. The summed E-state index contributed by atoms with van der Waals surface area (Å²) < 4.78 is 16.0. The molecule has 23 heavy (non-hydrogen) atoms. The number of nitrogens with one attached hydrogen (secondary N) is 1. The van der Waals surface area contributed by atoms with Crippen molar-refractivity contribution >= 4 is 23.8 Å². The first kappa shape index (κ1) is 17.9. The predicted molar refractivity (Wildman–Crippen MR) is 88.2 cm³/mol. The van der Waals surface area contributed by atoms with Gasteiger partial charge in [-0.1, -0.05) is 12.2 Å². The monoisotopic (exact) mass is 341 g/mol. The molecule has 1 N–H and O–H groups in total. The van der Waals surface area contributed by atoms with E-state index in [4.69, 9.17) is 14.2 Å². The Labute approximate surface area is 140 Å². The van der Waals surface area contributed by atoms with Gasteiger partial charge in [-0.25, -0.2) is 9.59 Å². The highest BCUT2D eigenvalue weighted by Gasteiger charge is 2.40. The Balaban J connectivity index is 1.84. The summed E-state index contributed by atoms with van der Waals surface area (Å²) in [4.78, 5) is 24.5. The van der Waals surface area contributed by atoms with Crippen molar-refractivity contribution in [1.82, 2.24) is 5.32 Å². The zero-order valence-electron chi connectivity index (χ0n) is 13.9. The largest absolute Gasteiger partial charge is 0.463 e. The van der Waals surface area contributed by atoms with Gasteiger partial charge in [-0.2, -0.15) is 0 Å². The van der Waals surface area contributed by atoms with E-state index in [2.05, 4.69) is 5.32 Å². The third-order valence-corrected chi connectivity index (χ3v) is 4.26. The lowest BCUT2D eigenvalue weighted by Gasteiger charge is -2.19. The molecule has 1 amide bonds. The molecule has 2 aliphatic heterocycles. The van der Waals surface area contributed by atoms with Crippen molar-refractivity contribution in [3.8, 4) is 0 Å². The Bertz CT molecular complexity index is 535. The summed E-state index contributed by atoms with van der Waals surface area (Å²) in [6.07, 6.45) is 2.89. The van der Waals surface area contributed by atoms with Gasteiger partial charge in [-0.15, -0.1) is 11.8 Å². The van der Waals surface area contributed by atoms with E-state index in [9.17, 15) is 9.59 Å². The summed E-state index contributed by atoms with van der Waals surface area (Å²) in [7, 11) is 0. The number of ether oxygens (including phenoxy) is 3. The summed E-state index contributed by atoms with van der Waals surface area (Å²) in [5.41, 5.74) is 0.0710. The first-order chi connectivity index (χ1) is 10.8. The van der Waals surface area contributed by atoms with Crippen LogP contribution >= 0.6 is 11.8 Å². The Kier molecular flexibility index (Phi) is 5.75. The third kappa shape index (κ3) is 4.75. The second kappa shape index (κ2) is 7.40. The van der Waals surface area contributed by atoms with Gasteiger partial charge in [0.15, 0.2) is 0 Å². The molecule has 0 saturated heterocycles. The van der Waals surface area contributed by atoms with Crippen LogP contribution in [0.2, 0.25) is 0 Å². The average Bonchev–Trinajstić information content (AvgIpc) is 3.02. The molecule has 7 heteroatoms. The van der Waals surface area contributed by atoms with E-state index in [0.717, 1.165) is 4.91 Å². The van der Waals surface area contributed by atoms with Gasteiger partial charge in [0.05, 0.1) is 12.2 Å². The van der Waals surface area contributed by atoms with E-state index in [1.54, 1.807) is 6.92 Å². The third-order valence-electron chi connectivity index (χ3n) is 3.09. The number of carbonyl (C=O) groups excluding carboxylic acids is 2. The fourth-order valence-corrected chi connectivity index (χ4v) is 3.35. The van der Waals surface area contributed by atoms with E-state index in [1.165, 1.54) is 11.8 Å². The number of amides is 1. The van der Waals surface area contributed by atoms with E-state index in [-0.39, 0.29) is 18.2 Å². The Morgan fingerprint density at radius 2 is 2.00 bits per heavy atom. The van der Waals surface area contributed by atoms with E-state index < -0.39 is 11.7 Å². The molecule has 0 radical (unpaired) electrons. The van der Waals surface area contributed by atoms with Gasteiger partial charge < -0.3 is 19.5 Å². The number of hydrogen-bond donors (Lipinski definition) is 1. The smallest absolute Gasteiger partial charge is 0.407 e. The minimum Gasteiger partial charge on any atom is -0.463 e. The summed E-state index contributed by atoms with van der Waals surface area (Å²) in [6.45, 7) is 8.01. The highest BCUT2D eigenvalue weighted by Crippen LogP contribution is 2.40. The second-order valence-electron chi connectivity index (χ2n) is 6.14. The van der Waals surface area contributed by atoms with Gasteiger partial charge in [0, 0.05) is 17.2 Å². The van der Waals surface area contributed by atoms with Crippen molar-refractivity contribution in [2.24, 2.45) is 0 Å². The van der Waals surface area contributed by atoms with Crippen molar-refractivity contribution < 1.29 is 23.8 Å². The molecule has 2 atom stereocenters. The molecule has 0 fully saturated rings. The fraction of sp³-hybridized carbons (Fsp3) is 0.625. The molecule has 2 bridgehead atoms. The number of fused-ring (bicyclic) bond motifs is 2. The van der Waals surface area contributed by atoms with E-state index in [0.29, 0.717) is 24.5 Å². The van der Waals surface area contributed by atoms with Crippen LogP contribution in [-0.4, -0.2) is 48.8 Å². The highest BCUT2D eigenvalue weighted by molar-refractivity contribution is 8.03. The van der Waals surface area contributed by atoms with Crippen LogP contribution < -0.4 is 5.32 Å². The van der Waals surface area contributed by atoms with Crippen LogP contribution in [-0.2, 0) is 19.0 Å². The van der Waals surface area contributed by atoms with E-state index >= 15 is 0 Å². The Morgan fingerprint density at radius 1 is 1.30 bits per heavy atom. The van der Waals surface area contributed by atoms with Crippen molar-refractivity contribution in [2.45, 2.75) is 45.5 Å². The van der Waals surface area contributed by atoms with Gasteiger partial charge in [0.2, 0.25) is 0 Å². The summed E-state index contributed by atoms with van der Waals surface area (Å²) >= 11 is 1.50. The van der Waals surface area contributed by atoms with Crippen LogP contribution in [0.5, 0.6) is 0 Å². The molecule has 128 valence electrons. The lowest BCUT2D eigenvalue weighted by atomic mass is 10.1. The quantitative estimate of drug-likeness (QED) is 0.454. The number of carbonyl (C=O) groups is 2. The number of rotatable bonds is 6. The molecule has 2 aliphatic rings. The number of hydrogen-bond acceptors (Lipinski definition) is 6. The van der Waals surface area contributed by atoms with Crippen LogP contribution in [0.1, 0.15) is 27.7 Å². The molecule has 0 aromatic rings. The van der Waals surface area contributed by atoms with E-state index in [1.807, 2.05) is 32.9 Å². The van der Waals surface area contributed by atoms with Gasteiger partial charge in [-0.05, 0) is 27.7 Å². The van der Waals surface area contributed by atoms with Gasteiger partial charge in [0.1, 0.15) is 17.8 Å². The van der Waals surface area contributed by atoms with Crippen LogP contribution in [0.25, 0.3) is 0 Å². The molecular weight excluding hydrogens is 318 g/mol. The molecule has 0 spiro atoms. The number of esters is 1. The predicted octanol–water partition coefficient (Wildman–Crippen LogP) is 2.40. The van der Waals surface area contributed by atoms with Crippen molar-refractivity contribution in [1.29, 1.82) is 0 Å². The maximum atomic E-state index is 12.0. The van der Waals surface area contributed by atoms with Gasteiger partial charge in [-0.3, -0.25) is 0 Å². The number of thioether (sulfide) groups is 1. The zero-order chi connectivity index (χ0) is 17.0. The lowest BCUT2D eigenvalue weighted by Crippen LogP contribution is -2.33. The maximum Gasteiger partial charge on any atom is 0.407 e. The second-order valence-corrected chi connectivity index (χ2v) is 7.27. The molecule has 2 rings (SSSR count). The molecule has 0 aromatic heterocycles. The average molecular weight is 341 g/mol. The minimum absolute atomic E-state index is 0.175. The standard InChI is InChI=1S/C16H23NO5S/c1-5-20-14(18)12-10-6-7-11(21-10)13(12)23-9-8-17-15(19)22-16(2,3)4/h6-7,10-11H,5,8-9H2,1-4H3,(H,17,19). The van der Waals surface area contributed by atoms with Crippen molar-refractivity contribution in [3.05, 3.63) is 22.6 Å². The SMILES string of the molecule is CCOC(=O)C1=C(SCCNC(=O)OC(C)(C)C)C2C=CC1O2. The Morgan fingerprint density at radius 3 is 2.65 bits per heavy atom. The maximum absolute atomic E-state index is 12.0. The number of alkyl carbamates (subject to hydrolysis) is 1. The van der Waals surface area contributed by atoms with Crippen LogP contribution in [0, 0.1) is 0 Å². The van der Waals surface area contributed by atoms with Crippen molar-refractivity contribution in [3.63, 3.8) is 0 Å². The van der Waals surface area contributed by atoms with Crippen LogP contribution in [0.15, 0.2) is 22.6 Å². The normalized spacial score (nSPS) is 22.4. The summed E-state index contributed by atoms with van der Waals surface area (Å²) in [6, 6.07) is 0.